The molecule has 1 fully saturated rings. The van der Waals surface area contributed by atoms with Gasteiger partial charge in [0.1, 0.15) is 0 Å². The number of amides is 1. The highest BCUT2D eigenvalue weighted by Gasteiger charge is 2.23. The Labute approximate surface area is 215 Å². The zero-order chi connectivity index (χ0) is 22.9. The lowest BCUT2D eigenvalue weighted by Gasteiger charge is -2.29. The number of hydrogen-bond donors (Lipinski definition) is 2. The van der Waals surface area contributed by atoms with Crippen LogP contribution in [0.15, 0.2) is 53.5 Å². The molecular weight excluding hydrogens is 525 g/mol. The van der Waals surface area contributed by atoms with Crippen LogP contribution in [0.3, 0.4) is 0 Å². The molecule has 1 aliphatic rings. The maximum absolute atomic E-state index is 12.1. The summed E-state index contributed by atoms with van der Waals surface area (Å²) in [6.07, 6.45) is 2.53. The average molecular weight is 564 g/mol. The van der Waals surface area contributed by atoms with E-state index in [-0.39, 0.29) is 29.9 Å². The summed E-state index contributed by atoms with van der Waals surface area (Å²) >= 11 is 0. The SMILES string of the molecule is CCNC(=NCc1ccc(C(=O)N(C)C)cc1)NCC(c1ccc(C)cc1)N1CCCC1.I. The van der Waals surface area contributed by atoms with E-state index in [0.29, 0.717) is 18.2 Å². The Hall–Kier alpha value is -2.13. The zero-order valence-electron chi connectivity index (χ0n) is 20.3. The third kappa shape index (κ3) is 7.99. The summed E-state index contributed by atoms with van der Waals surface area (Å²) in [4.78, 5) is 21.0. The number of aryl methyl sites for hydroxylation is 1. The topological polar surface area (TPSA) is 60.0 Å². The highest BCUT2D eigenvalue weighted by atomic mass is 127. The summed E-state index contributed by atoms with van der Waals surface area (Å²) in [6.45, 7) is 8.68. The van der Waals surface area contributed by atoms with Crippen LogP contribution in [0.1, 0.15) is 52.9 Å². The number of hydrogen-bond acceptors (Lipinski definition) is 3. The number of carbonyl (C=O) groups is 1. The first-order valence-corrected chi connectivity index (χ1v) is 11.6. The molecular formula is C26H38IN5O. The molecule has 6 nitrogen and oxygen atoms in total. The fraction of sp³-hybridized carbons (Fsp3) is 0.462. The Morgan fingerprint density at radius 3 is 2.24 bits per heavy atom. The molecule has 0 bridgehead atoms. The molecule has 2 N–H and O–H groups in total. The van der Waals surface area contributed by atoms with Crippen LogP contribution in [-0.2, 0) is 6.54 Å². The number of rotatable bonds is 8. The first-order chi connectivity index (χ1) is 15.5. The lowest BCUT2D eigenvalue weighted by Crippen LogP contribution is -2.42. The average Bonchev–Trinajstić information content (AvgIpc) is 3.33. The Kier molecular flexibility index (Phi) is 11.1. The van der Waals surface area contributed by atoms with Gasteiger partial charge < -0.3 is 15.5 Å². The first kappa shape index (κ1) is 27.1. The monoisotopic (exact) mass is 563 g/mol. The second-order valence-electron chi connectivity index (χ2n) is 8.64. The molecule has 0 radical (unpaired) electrons. The Morgan fingerprint density at radius 1 is 1.03 bits per heavy atom. The Bertz CT molecular complexity index is 890. The molecule has 1 amide bonds. The molecule has 0 saturated carbocycles. The number of benzene rings is 2. The Balaban J connectivity index is 0.00000385. The van der Waals surface area contributed by atoms with Gasteiger partial charge in [-0.05, 0) is 63.0 Å². The van der Waals surface area contributed by atoms with E-state index in [4.69, 9.17) is 4.99 Å². The van der Waals surface area contributed by atoms with Crippen LogP contribution >= 0.6 is 24.0 Å². The molecule has 1 saturated heterocycles. The number of nitrogens with one attached hydrogen (secondary N) is 2. The fourth-order valence-corrected chi connectivity index (χ4v) is 4.02. The van der Waals surface area contributed by atoms with E-state index in [9.17, 15) is 4.79 Å². The molecule has 180 valence electrons. The lowest BCUT2D eigenvalue weighted by atomic mass is 10.0. The second kappa shape index (κ2) is 13.5. The minimum absolute atomic E-state index is 0. The van der Waals surface area contributed by atoms with E-state index in [2.05, 4.69) is 53.6 Å². The van der Waals surface area contributed by atoms with Gasteiger partial charge in [0.25, 0.3) is 5.91 Å². The van der Waals surface area contributed by atoms with Crippen LogP contribution in [0.5, 0.6) is 0 Å². The number of aliphatic imine (C=N–C) groups is 1. The van der Waals surface area contributed by atoms with Crippen molar-refractivity contribution in [2.45, 2.75) is 39.3 Å². The van der Waals surface area contributed by atoms with Crippen molar-refractivity contribution >= 4 is 35.8 Å². The number of halogens is 1. The fourth-order valence-electron chi connectivity index (χ4n) is 4.02. The van der Waals surface area contributed by atoms with Crippen molar-refractivity contribution in [2.75, 3.05) is 40.3 Å². The molecule has 1 heterocycles. The highest BCUT2D eigenvalue weighted by Crippen LogP contribution is 2.25. The van der Waals surface area contributed by atoms with Gasteiger partial charge in [-0.1, -0.05) is 42.0 Å². The molecule has 7 heteroatoms. The van der Waals surface area contributed by atoms with Gasteiger partial charge in [-0.15, -0.1) is 24.0 Å². The van der Waals surface area contributed by atoms with E-state index >= 15 is 0 Å². The summed E-state index contributed by atoms with van der Waals surface area (Å²) in [6, 6.07) is 16.9. The van der Waals surface area contributed by atoms with Crippen molar-refractivity contribution in [3.8, 4) is 0 Å². The number of guanidine groups is 1. The first-order valence-electron chi connectivity index (χ1n) is 11.6. The van der Waals surface area contributed by atoms with Crippen molar-refractivity contribution < 1.29 is 4.79 Å². The van der Waals surface area contributed by atoms with Gasteiger partial charge >= 0.3 is 0 Å². The van der Waals surface area contributed by atoms with Crippen molar-refractivity contribution in [1.29, 1.82) is 0 Å². The van der Waals surface area contributed by atoms with E-state index in [1.54, 1.807) is 19.0 Å². The van der Waals surface area contributed by atoms with Gasteiger partial charge in [-0.25, -0.2) is 4.99 Å². The van der Waals surface area contributed by atoms with Crippen molar-refractivity contribution in [1.82, 2.24) is 20.4 Å². The molecule has 2 aromatic rings. The molecule has 33 heavy (non-hydrogen) atoms. The van der Waals surface area contributed by atoms with Gasteiger partial charge in [0.05, 0.1) is 12.6 Å². The smallest absolute Gasteiger partial charge is 0.253 e. The van der Waals surface area contributed by atoms with Crippen LogP contribution in [0.2, 0.25) is 0 Å². The number of nitrogens with zero attached hydrogens (tertiary/aromatic N) is 3. The van der Waals surface area contributed by atoms with Crippen LogP contribution in [0, 0.1) is 6.92 Å². The standard InChI is InChI=1S/C26H37N5O.HI/c1-5-27-26(28-18-21-10-14-23(15-11-21)25(32)30(3)4)29-19-24(31-16-6-7-17-31)22-12-8-20(2)9-13-22;/h8-15,24H,5-7,16-19H2,1-4H3,(H2,27,28,29);1H. The molecule has 1 unspecified atom stereocenters. The molecule has 1 atom stereocenters. The van der Waals surface area contributed by atoms with Crippen LogP contribution < -0.4 is 10.6 Å². The van der Waals surface area contributed by atoms with Gasteiger partial charge in [0, 0.05) is 32.7 Å². The van der Waals surface area contributed by atoms with Crippen molar-refractivity contribution in [3.05, 3.63) is 70.8 Å². The molecule has 0 aromatic heterocycles. The maximum Gasteiger partial charge on any atom is 0.253 e. The zero-order valence-corrected chi connectivity index (χ0v) is 22.6. The summed E-state index contributed by atoms with van der Waals surface area (Å²) in [7, 11) is 3.53. The van der Waals surface area contributed by atoms with E-state index < -0.39 is 0 Å². The summed E-state index contributed by atoms with van der Waals surface area (Å²) in [5.41, 5.74) is 4.41. The van der Waals surface area contributed by atoms with E-state index in [1.807, 2.05) is 24.3 Å². The third-order valence-electron chi connectivity index (χ3n) is 5.88. The van der Waals surface area contributed by atoms with E-state index in [0.717, 1.165) is 37.7 Å². The van der Waals surface area contributed by atoms with Crippen molar-refractivity contribution in [2.24, 2.45) is 4.99 Å². The van der Waals surface area contributed by atoms with Crippen molar-refractivity contribution in [3.63, 3.8) is 0 Å². The third-order valence-corrected chi connectivity index (χ3v) is 5.88. The molecule has 1 aliphatic heterocycles. The summed E-state index contributed by atoms with van der Waals surface area (Å²) in [5, 5.41) is 6.93. The lowest BCUT2D eigenvalue weighted by molar-refractivity contribution is 0.0827. The predicted octanol–water partition coefficient (Wildman–Crippen LogP) is 4.21. The molecule has 2 aromatic carbocycles. The van der Waals surface area contributed by atoms with Gasteiger partial charge in [0.2, 0.25) is 0 Å². The van der Waals surface area contributed by atoms with Gasteiger partial charge in [-0.2, -0.15) is 0 Å². The molecule has 3 rings (SSSR count). The minimum Gasteiger partial charge on any atom is -0.357 e. The molecule has 0 spiro atoms. The van der Waals surface area contributed by atoms with Gasteiger partial charge in [0.15, 0.2) is 5.96 Å². The van der Waals surface area contributed by atoms with E-state index in [1.165, 1.54) is 24.0 Å². The van der Waals surface area contributed by atoms with Crippen LogP contribution in [0.25, 0.3) is 0 Å². The number of carbonyl (C=O) groups excluding carboxylic acids is 1. The Morgan fingerprint density at radius 2 is 1.67 bits per heavy atom. The summed E-state index contributed by atoms with van der Waals surface area (Å²) < 4.78 is 0. The quantitative estimate of drug-likeness (QED) is 0.287. The van der Waals surface area contributed by atoms with Gasteiger partial charge in [-0.3, -0.25) is 9.69 Å². The van der Waals surface area contributed by atoms with Crippen LogP contribution in [0.4, 0.5) is 0 Å². The number of likely N-dealkylation sites (tertiary alicyclic amines) is 1. The minimum atomic E-state index is 0. The highest BCUT2D eigenvalue weighted by molar-refractivity contribution is 14.0. The summed E-state index contributed by atoms with van der Waals surface area (Å²) in [5.74, 6) is 0.830. The maximum atomic E-state index is 12.1. The normalized spacial score (nSPS) is 15.0. The van der Waals surface area contributed by atoms with Crippen LogP contribution in [-0.4, -0.2) is 61.9 Å². The largest absolute Gasteiger partial charge is 0.357 e. The molecule has 0 aliphatic carbocycles. The predicted molar refractivity (Wildman–Crippen MR) is 147 cm³/mol. The second-order valence-corrected chi connectivity index (χ2v) is 8.64.